The van der Waals surface area contributed by atoms with Crippen molar-refractivity contribution < 1.29 is 0 Å². The zero-order valence-electron chi connectivity index (χ0n) is 6.70. The first-order chi connectivity index (χ1) is 5.86. The number of hydrogen-bond donors (Lipinski definition) is 0. The van der Waals surface area contributed by atoms with Crippen LogP contribution in [0.3, 0.4) is 0 Å². The van der Waals surface area contributed by atoms with Crippen LogP contribution < -0.4 is 0 Å². The van der Waals surface area contributed by atoms with Crippen LogP contribution in [0.25, 0.3) is 6.08 Å². The molecule has 1 aromatic heterocycles. The van der Waals surface area contributed by atoms with E-state index in [2.05, 4.69) is 25.9 Å². The average molecular weight is 245 g/mol. The van der Waals surface area contributed by atoms with Gasteiger partial charge in [0.05, 0.1) is 0 Å². The smallest absolute Gasteiger partial charge is 0.187 e. The second-order valence-corrected chi connectivity index (χ2v) is 3.48. The van der Waals surface area contributed by atoms with Gasteiger partial charge in [-0.2, -0.15) is 0 Å². The van der Waals surface area contributed by atoms with E-state index >= 15 is 0 Å². The fourth-order valence-corrected chi connectivity index (χ4v) is 1.20. The largest absolute Gasteiger partial charge is 0.231 e. The molecule has 0 N–H and O–H groups in total. The molecule has 0 bridgehead atoms. The van der Waals surface area contributed by atoms with Crippen molar-refractivity contribution in [2.24, 2.45) is 0 Å². The summed E-state index contributed by atoms with van der Waals surface area (Å²) in [5.41, 5.74) is 1.03. The van der Waals surface area contributed by atoms with Crippen molar-refractivity contribution in [3.8, 4) is 0 Å². The number of aromatic nitrogens is 2. The summed E-state index contributed by atoms with van der Waals surface area (Å²) in [6.07, 6.45) is 9.59. The first kappa shape index (κ1) is 9.74. The Balaban J connectivity index is 2.71. The molecule has 12 heavy (non-hydrogen) atoms. The highest BCUT2D eigenvalue weighted by atomic mass is 79.9. The van der Waals surface area contributed by atoms with Crippen LogP contribution in [-0.2, 0) is 0 Å². The van der Waals surface area contributed by atoms with Crippen molar-refractivity contribution >= 4 is 33.8 Å². The summed E-state index contributed by atoms with van der Waals surface area (Å²) >= 11 is 4.85. The van der Waals surface area contributed by atoms with Gasteiger partial charge in [-0.3, -0.25) is 0 Å². The molecule has 0 atom stereocenters. The van der Waals surface area contributed by atoms with Crippen molar-refractivity contribution in [1.82, 2.24) is 9.97 Å². The molecule has 0 radical (unpaired) electrons. The maximum atomic E-state index is 4.14. The first-order valence-electron chi connectivity index (χ1n) is 3.45. The normalized spacial score (nSPS) is 10.8. The van der Waals surface area contributed by atoms with Crippen LogP contribution in [0.2, 0.25) is 0 Å². The Labute approximate surface area is 84.6 Å². The minimum absolute atomic E-state index is 0.811. The van der Waals surface area contributed by atoms with E-state index in [1.54, 1.807) is 11.8 Å². The Kier molecular flexibility index (Phi) is 4.32. The molecule has 0 saturated carbocycles. The Bertz CT molecular complexity index is 258. The zero-order valence-corrected chi connectivity index (χ0v) is 9.10. The van der Waals surface area contributed by atoms with Gasteiger partial charge in [0.2, 0.25) is 0 Å². The molecule has 0 saturated heterocycles. The Hall–Kier alpha value is -0.350. The molecule has 0 fully saturated rings. The van der Waals surface area contributed by atoms with E-state index in [0.717, 1.165) is 16.0 Å². The summed E-state index contributed by atoms with van der Waals surface area (Å²) in [5, 5.41) is 1.67. The minimum atomic E-state index is 0.811. The summed E-state index contributed by atoms with van der Waals surface area (Å²) in [7, 11) is 0. The van der Waals surface area contributed by atoms with Gasteiger partial charge < -0.3 is 0 Å². The van der Waals surface area contributed by atoms with Crippen molar-refractivity contribution in [3.05, 3.63) is 24.0 Å². The number of alkyl halides is 1. The monoisotopic (exact) mass is 244 g/mol. The molecule has 0 unspecified atom stereocenters. The molecule has 4 heteroatoms. The standard InChI is InChI=1S/C8H9BrN2S/c1-12-8-10-5-7(6-11-8)3-2-4-9/h2-3,5-6H,4H2,1H3. The minimum Gasteiger partial charge on any atom is -0.231 e. The highest BCUT2D eigenvalue weighted by molar-refractivity contribution is 9.09. The van der Waals surface area contributed by atoms with Gasteiger partial charge in [-0.15, -0.1) is 0 Å². The fourth-order valence-electron chi connectivity index (χ4n) is 0.698. The molecule has 2 nitrogen and oxygen atoms in total. The number of allylic oxidation sites excluding steroid dienone is 1. The van der Waals surface area contributed by atoms with Crippen LogP contribution >= 0.6 is 27.7 Å². The maximum Gasteiger partial charge on any atom is 0.187 e. The second kappa shape index (κ2) is 5.32. The van der Waals surface area contributed by atoms with E-state index in [-0.39, 0.29) is 0 Å². The van der Waals surface area contributed by atoms with Crippen LogP contribution in [0.4, 0.5) is 0 Å². The van der Waals surface area contributed by atoms with Gasteiger partial charge in [0.15, 0.2) is 5.16 Å². The second-order valence-electron chi connectivity index (χ2n) is 2.06. The molecule has 0 aliphatic rings. The first-order valence-corrected chi connectivity index (χ1v) is 5.80. The SMILES string of the molecule is CSc1ncc(C=CCBr)cn1. The highest BCUT2D eigenvalue weighted by Gasteiger charge is 1.91. The van der Waals surface area contributed by atoms with Gasteiger partial charge >= 0.3 is 0 Å². The lowest BCUT2D eigenvalue weighted by molar-refractivity contribution is 0.966. The number of hydrogen-bond acceptors (Lipinski definition) is 3. The summed E-state index contributed by atoms with van der Waals surface area (Å²) in [5.74, 6) is 0. The van der Waals surface area contributed by atoms with Crippen molar-refractivity contribution in [2.75, 3.05) is 11.6 Å². The Morgan fingerprint density at radius 2 is 2.17 bits per heavy atom. The predicted molar refractivity (Wildman–Crippen MR) is 56.6 cm³/mol. The Morgan fingerprint density at radius 1 is 1.50 bits per heavy atom. The summed E-state index contributed by atoms with van der Waals surface area (Å²) in [6.45, 7) is 0. The van der Waals surface area contributed by atoms with E-state index in [4.69, 9.17) is 0 Å². The number of nitrogens with zero attached hydrogens (tertiary/aromatic N) is 2. The predicted octanol–water partition coefficient (Wildman–Crippen LogP) is 2.61. The van der Waals surface area contributed by atoms with Gasteiger partial charge in [0, 0.05) is 23.3 Å². The molecule has 0 spiro atoms. The van der Waals surface area contributed by atoms with E-state index in [1.165, 1.54) is 0 Å². The molecule has 0 aliphatic carbocycles. The molecular weight excluding hydrogens is 236 g/mol. The van der Waals surface area contributed by atoms with Gasteiger partial charge in [-0.25, -0.2) is 9.97 Å². The number of thioether (sulfide) groups is 1. The number of rotatable bonds is 3. The highest BCUT2D eigenvalue weighted by Crippen LogP contribution is 2.07. The molecule has 0 aromatic carbocycles. The third-order valence-corrected chi connectivity index (χ3v) is 2.18. The van der Waals surface area contributed by atoms with Gasteiger partial charge in [-0.1, -0.05) is 39.8 Å². The molecule has 64 valence electrons. The molecule has 1 rings (SSSR count). The van der Waals surface area contributed by atoms with Crippen LogP contribution in [0.15, 0.2) is 23.6 Å². The lowest BCUT2D eigenvalue weighted by Crippen LogP contribution is -1.85. The molecule has 0 aliphatic heterocycles. The molecule has 1 aromatic rings. The van der Waals surface area contributed by atoms with Crippen molar-refractivity contribution in [2.45, 2.75) is 5.16 Å². The lowest BCUT2D eigenvalue weighted by Gasteiger charge is -1.93. The van der Waals surface area contributed by atoms with Crippen LogP contribution in [-0.4, -0.2) is 21.6 Å². The van der Waals surface area contributed by atoms with Crippen LogP contribution in [0.1, 0.15) is 5.56 Å². The van der Waals surface area contributed by atoms with E-state index in [1.807, 2.05) is 30.8 Å². The third kappa shape index (κ3) is 2.95. The van der Waals surface area contributed by atoms with Crippen molar-refractivity contribution in [3.63, 3.8) is 0 Å². The Morgan fingerprint density at radius 3 is 2.67 bits per heavy atom. The summed E-state index contributed by atoms with van der Waals surface area (Å²) < 4.78 is 0. The van der Waals surface area contributed by atoms with E-state index in [9.17, 15) is 0 Å². The molecule has 1 heterocycles. The fraction of sp³-hybridized carbons (Fsp3) is 0.250. The van der Waals surface area contributed by atoms with Gasteiger partial charge in [0.25, 0.3) is 0 Å². The molecular formula is C8H9BrN2S. The summed E-state index contributed by atoms with van der Waals surface area (Å²) in [4.78, 5) is 8.27. The van der Waals surface area contributed by atoms with E-state index in [0.29, 0.717) is 0 Å². The quantitative estimate of drug-likeness (QED) is 0.465. The van der Waals surface area contributed by atoms with Crippen LogP contribution in [0.5, 0.6) is 0 Å². The van der Waals surface area contributed by atoms with Crippen molar-refractivity contribution in [1.29, 1.82) is 0 Å². The third-order valence-electron chi connectivity index (χ3n) is 1.23. The van der Waals surface area contributed by atoms with Crippen LogP contribution in [0, 0.1) is 0 Å². The maximum absolute atomic E-state index is 4.14. The van der Waals surface area contributed by atoms with Gasteiger partial charge in [0.1, 0.15) is 0 Å². The molecule has 0 amide bonds. The topological polar surface area (TPSA) is 25.8 Å². The lowest BCUT2D eigenvalue weighted by atomic mass is 10.3. The zero-order chi connectivity index (χ0) is 8.81. The van der Waals surface area contributed by atoms with Gasteiger partial charge in [-0.05, 0) is 6.26 Å². The average Bonchev–Trinajstić information content (AvgIpc) is 2.15. The van der Waals surface area contributed by atoms with E-state index < -0.39 is 0 Å². The summed E-state index contributed by atoms with van der Waals surface area (Å²) in [6, 6.07) is 0. The number of halogens is 1.